The van der Waals surface area contributed by atoms with E-state index in [1.54, 1.807) is 18.2 Å². The second kappa shape index (κ2) is 6.74. The number of halogens is 3. The number of fused-ring (bicyclic) bond motifs is 1. The van der Waals surface area contributed by atoms with E-state index in [1.165, 1.54) is 0 Å². The summed E-state index contributed by atoms with van der Waals surface area (Å²) in [5, 5.41) is 1.11. The molecule has 0 spiro atoms. The third-order valence-corrected chi connectivity index (χ3v) is 5.36. The van der Waals surface area contributed by atoms with E-state index in [4.69, 9.17) is 28.9 Å². The Bertz CT molecular complexity index is 517. The van der Waals surface area contributed by atoms with Gasteiger partial charge in [0.05, 0.1) is 6.42 Å². The number of nitrogens with zero attached hydrogens (tertiary/aromatic N) is 1. The van der Waals surface area contributed by atoms with Crippen molar-refractivity contribution >= 4 is 41.5 Å². The molecule has 3 nitrogen and oxygen atoms in total. The first-order valence-electron chi connectivity index (χ1n) is 7.02. The van der Waals surface area contributed by atoms with Gasteiger partial charge in [-0.3, -0.25) is 4.79 Å². The third-order valence-electron chi connectivity index (χ3n) is 4.65. The second-order valence-electron chi connectivity index (χ2n) is 5.84. The van der Waals surface area contributed by atoms with E-state index in [2.05, 4.69) is 0 Å². The average Bonchev–Trinajstić information content (AvgIpc) is 2.97. The Morgan fingerprint density at radius 1 is 1.24 bits per heavy atom. The van der Waals surface area contributed by atoms with Gasteiger partial charge in [-0.25, -0.2) is 0 Å². The molecule has 6 heteroatoms. The number of rotatable bonds is 2. The zero-order valence-electron chi connectivity index (χ0n) is 11.6. The highest BCUT2D eigenvalue weighted by atomic mass is 35.5. The van der Waals surface area contributed by atoms with Crippen molar-refractivity contribution in [2.45, 2.75) is 25.3 Å². The fraction of sp³-hybridized carbons (Fsp3) is 0.533. The molecule has 1 amide bonds. The summed E-state index contributed by atoms with van der Waals surface area (Å²) in [6.45, 7) is 1.62. The highest BCUT2D eigenvalue weighted by molar-refractivity contribution is 6.36. The van der Waals surface area contributed by atoms with Crippen molar-refractivity contribution in [2.24, 2.45) is 17.6 Å². The van der Waals surface area contributed by atoms with E-state index in [0.717, 1.165) is 31.5 Å². The molecule has 1 aliphatic heterocycles. The van der Waals surface area contributed by atoms with Crippen LogP contribution in [-0.4, -0.2) is 29.9 Å². The first-order valence-corrected chi connectivity index (χ1v) is 7.78. The summed E-state index contributed by atoms with van der Waals surface area (Å²) in [6, 6.07) is 5.58. The van der Waals surface area contributed by atoms with Crippen LogP contribution in [0.2, 0.25) is 10.0 Å². The molecule has 1 saturated heterocycles. The minimum Gasteiger partial charge on any atom is -0.342 e. The fourth-order valence-corrected chi connectivity index (χ4v) is 4.01. The van der Waals surface area contributed by atoms with Crippen LogP contribution in [-0.2, 0) is 11.2 Å². The van der Waals surface area contributed by atoms with E-state index in [1.807, 2.05) is 4.90 Å². The lowest BCUT2D eigenvalue weighted by Crippen LogP contribution is -2.34. The monoisotopic (exact) mass is 348 g/mol. The molecule has 2 fully saturated rings. The van der Waals surface area contributed by atoms with Gasteiger partial charge in [-0.05, 0) is 42.4 Å². The molecular formula is C15H19Cl3N2O. The van der Waals surface area contributed by atoms with E-state index in [0.29, 0.717) is 21.9 Å². The van der Waals surface area contributed by atoms with Gasteiger partial charge in [0, 0.05) is 29.2 Å². The molecule has 0 radical (unpaired) electrons. The van der Waals surface area contributed by atoms with E-state index >= 15 is 0 Å². The molecule has 1 aliphatic carbocycles. The molecule has 3 unspecified atom stereocenters. The molecule has 1 heterocycles. The maximum absolute atomic E-state index is 12.4. The Hall–Kier alpha value is -0.480. The van der Waals surface area contributed by atoms with Gasteiger partial charge in [-0.1, -0.05) is 29.3 Å². The molecule has 2 aliphatic rings. The lowest BCUT2D eigenvalue weighted by molar-refractivity contribution is -0.129. The van der Waals surface area contributed by atoms with Crippen LogP contribution in [0.4, 0.5) is 0 Å². The molecule has 2 N–H and O–H groups in total. The Morgan fingerprint density at radius 3 is 2.52 bits per heavy atom. The van der Waals surface area contributed by atoms with E-state index < -0.39 is 0 Å². The molecule has 116 valence electrons. The number of nitrogens with two attached hydrogens (primary N) is 1. The van der Waals surface area contributed by atoms with Crippen LogP contribution in [0.5, 0.6) is 0 Å². The molecule has 21 heavy (non-hydrogen) atoms. The molecular weight excluding hydrogens is 331 g/mol. The van der Waals surface area contributed by atoms with Crippen molar-refractivity contribution in [3.05, 3.63) is 33.8 Å². The minimum absolute atomic E-state index is 0. The molecule has 1 aromatic carbocycles. The van der Waals surface area contributed by atoms with Crippen LogP contribution in [0.3, 0.4) is 0 Å². The van der Waals surface area contributed by atoms with Crippen LogP contribution < -0.4 is 5.73 Å². The van der Waals surface area contributed by atoms with E-state index in [9.17, 15) is 4.79 Å². The highest BCUT2D eigenvalue weighted by Crippen LogP contribution is 2.37. The minimum atomic E-state index is 0. The van der Waals surface area contributed by atoms with Gasteiger partial charge in [0.2, 0.25) is 5.91 Å². The second-order valence-corrected chi connectivity index (χ2v) is 6.66. The van der Waals surface area contributed by atoms with Gasteiger partial charge in [0.1, 0.15) is 0 Å². The lowest BCUT2D eigenvalue weighted by Gasteiger charge is -2.19. The van der Waals surface area contributed by atoms with Crippen LogP contribution in [0.25, 0.3) is 0 Å². The van der Waals surface area contributed by atoms with Gasteiger partial charge < -0.3 is 10.6 Å². The molecule has 1 saturated carbocycles. The Labute approximate surface area is 141 Å². The van der Waals surface area contributed by atoms with Gasteiger partial charge >= 0.3 is 0 Å². The Kier molecular flexibility index (Phi) is 5.42. The van der Waals surface area contributed by atoms with Crippen molar-refractivity contribution in [1.29, 1.82) is 0 Å². The highest BCUT2D eigenvalue weighted by Gasteiger charge is 2.42. The lowest BCUT2D eigenvalue weighted by atomic mass is 9.98. The quantitative estimate of drug-likeness (QED) is 0.891. The van der Waals surface area contributed by atoms with Crippen LogP contribution in [0, 0.1) is 11.8 Å². The van der Waals surface area contributed by atoms with Crippen molar-refractivity contribution in [1.82, 2.24) is 4.90 Å². The van der Waals surface area contributed by atoms with Crippen LogP contribution >= 0.6 is 35.6 Å². The number of carbonyl (C=O) groups is 1. The molecule has 0 aromatic heterocycles. The predicted octanol–water partition coefficient (Wildman–Crippen LogP) is 3.15. The Balaban J connectivity index is 0.00000161. The number of hydrogen-bond donors (Lipinski definition) is 1. The maximum atomic E-state index is 12.4. The summed E-state index contributed by atoms with van der Waals surface area (Å²) in [5.41, 5.74) is 6.83. The summed E-state index contributed by atoms with van der Waals surface area (Å²) < 4.78 is 0. The van der Waals surface area contributed by atoms with Crippen LogP contribution in [0.1, 0.15) is 18.4 Å². The van der Waals surface area contributed by atoms with Crippen molar-refractivity contribution < 1.29 is 4.79 Å². The zero-order chi connectivity index (χ0) is 14.3. The fourth-order valence-electron chi connectivity index (χ4n) is 3.48. The van der Waals surface area contributed by atoms with E-state index in [-0.39, 0.29) is 30.8 Å². The van der Waals surface area contributed by atoms with Gasteiger partial charge in [-0.2, -0.15) is 0 Å². The zero-order valence-corrected chi connectivity index (χ0v) is 13.9. The average molecular weight is 350 g/mol. The number of benzene rings is 1. The third kappa shape index (κ3) is 3.31. The Morgan fingerprint density at radius 2 is 1.90 bits per heavy atom. The number of amides is 1. The first kappa shape index (κ1) is 16.9. The van der Waals surface area contributed by atoms with Gasteiger partial charge in [-0.15, -0.1) is 12.4 Å². The summed E-state index contributed by atoms with van der Waals surface area (Å²) in [7, 11) is 0. The summed E-state index contributed by atoms with van der Waals surface area (Å²) in [5.74, 6) is 1.15. The topological polar surface area (TPSA) is 46.3 Å². The number of likely N-dealkylation sites (tertiary alicyclic amines) is 1. The molecule has 3 rings (SSSR count). The molecule has 3 atom stereocenters. The van der Waals surface area contributed by atoms with Crippen molar-refractivity contribution in [2.75, 3.05) is 13.1 Å². The largest absolute Gasteiger partial charge is 0.342 e. The predicted molar refractivity (Wildman–Crippen MR) is 88.2 cm³/mol. The molecule has 0 bridgehead atoms. The molecule has 1 aromatic rings. The van der Waals surface area contributed by atoms with Gasteiger partial charge in [0.25, 0.3) is 0 Å². The summed E-state index contributed by atoms with van der Waals surface area (Å²) in [4.78, 5) is 14.3. The smallest absolute Gasteiger partial charge is 0.227 e. The SMILES string of the molecule is Cl.NC1CCC2CN(C(=O)Cc3c(Cl)cccc3Cl)CC12. The summed E-state index contributed by atoms with van der Waals surface area (Å²) >= 11 is 12.2. The normalized spacial score (nSPS) is 27.4. The van der Waals surface area contributed by atoms with Gasteiger partial charge in [0.15, 0.2) is 0 Å². The van der Waals surface area contributed by atoms with Crippen molar-refractivity contribution in [3.63, 3.8) is 0 Å². The number of carbonyl (C=O) groups excluding carboxylic acids is 1. The standard InChI is InChI=1S/C15H18Cl2N2O.ClH/c16-12-2-1-3-13(17)10(12)6-15(20)19-7-9-4-5-14(18)11(9)8-19;/h1-3,9,11,14H,4-8,18H2;1H. The van der Waals surface area contributed by atoms with Crippen molar-refractivity contribution in [3.8, 4) is 0 Å². The number of hydrogen-bond acceptors (Lipinski definition) is 2. The van der Waals surface area contributed by atoms with Crippen LogP contribution in [0.15, 0.2) is 18.2 Å². The maximum Gasteiger partial charge on any atom is 0.227 e. The first-order chi connectivity index (χ1) is 9.56. The summed E-state index contributed by atoms with van der Waals surface area (Å²) in [6.07, 6.45) is 2.50.